The normalized spacial score (nSPS) is 20.4. The zero-order valence-corrected chi connectivity index (χ0v) is 24.4. The number of piperazine rings is 1. The van der Waals surface area contributed by atoms with Crippen molar-refractivity contribution in [3.8, 4) is 5.75 Å². The molecule has 3 atom stereocenters. The molecule has 2 aliphatic rings. The molecule has 0 aliphatic carbocycles. The van der Waals surface area contributed by atoms with E-state index in [0.29, 0.717) is 12.1 Å². The van der Waals surface area contributed by atoms with Crippen molar-refractivity contribution < 1.29 is 4.74 Å². The minimum Gasteiger partial charge on any atom is -0.497 e. The van der Waals surface area contributed by atoms with Gasteiger partial charge in [-0.2, -0.15) is 0 Å². The average molecular weight is 565 g/mol. The van der Waals surface area contributed by atoms with Crippen molar-refractivity contribution in [1.82, 2.24) is 15.1 Å². The SMILES string of the molecule is COc1cccc(C(c2ccc3c(c2)CNCC3)N2C[C@@H](C)N(Cc3ccccc3)C[C@H]2C)c1.Cl.Cl.Cl. The topological polar surface area (TPSA) is 27.7 Å². The summed E-state index contributed by atoms with van der Waals surface area (Å²) in [7, 11) is 1.76. The fourth-order valence-corrected chi connectivity index (χ4v) is 5.68. The fraction of sp³-hybridized carbons (Fsp3) is 0.400. The molecule has 1 N–H and O–H groups in total. The van der Waals surface area contributed by atoms with Gasteiger partial charge in [0.1, 0.15) is 5.75 Å². The standard InChI is InChI=1S/C30H37N3O.3ClH/c1-22-20-33(23(2)19-32(22)21-24-8-5-4-6-9-24)30(26-10-7-11-29(17-26)34-3)27-13-12-25-14-15-31-18-28(25)16-27;;;/h4-13,16-17,22-23,30-31H,14-15,18-21H2,1-3H3;3*1H/t22-,23-,30?;;;/m1.../s1. The van der Waals surface area contributed by atoms with E-state index in [1.807, 2.05) is 6.07 Å². The molecule has 0 radical (unpaired) electrons. The first kappa shape index (κ1) is 31.4. The van der Waals surface area contributed by atoms with Crippen LogP contribution in [-0.4, -0.2) is 48.6 Å². The highest BCUT2D eigenvalue weighted by atomic mass is 35.5. The monoisotopic (exact) mass is 563 g/mol. The Labute approximate surface area is 241 Å². The lowest BCUT2D eigenvalue weighted by atomic mass is 9.90. The third-order valence-corrected chi connectivity index (χ3v) is 7.57. The van der Waals surface area contributed by atoms with Crippen LogP contribution in [0.4, 0.5) is 0 Å². The van der Waals surface area contributed by atoms with Gasteiger partial charge in [0.2, 0.25) is 0 Å². The van der Waals surface area contributed by atoms with Crippen LogP contribution in [0, 0.1) is 0 Å². The smallest absolute Gasteiger partial charge is 0.119 e. The molecule has 2 heterocycles. The van der Waals surface area contributed by atoms with Crippen molar-refractivity contribution >= 4 is 37.2 Å². The Morgan fingerprint density at radius 2 is 1.59 bits per heavy atom. The maximum Gasteiger partial charge on any atom is 0.119 e. The number of rotatable bonds is 6. The highest BCUT2D eigenvalue weighted by Gasteiger charge is 2.35. The first-order valence-corrected chi connectivity index (χ1v) is 12.6. The number of nitrogens with zero attached hydrogens (tertiary/aromatic N) is 2. The third-order valence-electron chi connectivity index (χ3n) is 7.57. The van der Waals surface area contributed by atoms with Crippen LogP contribution in [-0.2, 0) is 19.5 Å². The zero-order valence-electron chi connectivity index (χ0n) is 21.9. The van der Waals surface area contributed by atoms with E-state index in [1.165, 1.54) is 27.8 Å². The van der Waals surface area contributed by atoms with Crippen LogP contribution in [0.25, 0.3) is 0 Å². The molecule has 2 aliphatic heterocycles. The second-order valence-corrected chi connectivity index (χ2v) is 9.94. The van der Waals surface area contributed by atoms with Gasteiger partial charge in [-0.1, -0.05) is 60.7 Å². The van der Waals surface area contributed by atoms with Gasteiger partial charge in [-0.15, -0.1) is 37.2 Å². The summed E-state index contributed by atoms with van der Waals surface area (Å²) in [5.41, 5.74) is 7.01. The summed E-state index contributed by atoms with van der Waals surface area (Å²) in [6, 6.07) is 27.8. The van der Waals surface area contributed by atoms with Gasteiger partial charge < -0.3 is 10.1 Å². The highest BCUT2D eigenvalue weighted by Crippen LogP contribution is 2.36. The number of ether oxygens (including phenoxy) is 1. The van der Waals surface area contributed by atoms with Gasteiger partial charge in [0.25, 0.3) is 0 Å². The lowest BCUT2D eigenvalue weighted by molar-refractivity contribution is 0.0195. The summed E-state index contributed by atoms with van der Waals surface area (Å²) >= 11 is 0. The number of halogens is 3. The van der Waals surface area contributed by atoms with E-state index in [1.54, 1.807) is 7.11 Å². The van der Waals surface area contributed by atoms with Crippen molar-refractivity contribution in [2.45, 2.75) is 51.5 Å². The molecule has 4 nitrogen and oxygen atoms in total. The predicted molar refractivity (Wildman–Crippen MR) is 161 cm³/mol. The van der Waals surface area contributed by atoms with Crippen LogP contribution in [0.3, 0.4) is 0 Å². The van der Waals surface area contributed by atoms with Gasteiger partial charge in [-0.05, 0) is 66.8 Å². The summed E-state index contributed by atoms with van der Waals surface area (Å²) in [6.45, 7) is 9.90. The van der Waals surface area contributed by atoms with Crippen LogP contribution < -0.4 is 10.1 Å². The number of methoxy groups -OCH3 is 1. The zero-order chi connectivity index (χ0) is 23.5. The molecular weight excluding hydrogens is 525 g/mol. The Hall–Kier alpha value is -1.79. The van der Waals surface area contributed by atoms with E-state index in [4.69, 9.17) is 4.74 Å². The first-order chi connectivity index (χ1) is 16.6. The van der Waals surface area contributed by atoms with Gasteiger partial charge in [0.05, 0.1) is 13.2 Å². The van der Waals surface area contributed by atoms with Crippen LogP contribution in [0.2, 0.25) is 0 Å². The number of hydrogen-bond donors (Lipinski definition) is 1. The summed E-state index contributed by atoms with van der Waals surface area (Å²) in [5, 5.41) is 3.55. The molecule has 0 amide bonds. The van der Waals surface area contributed by atoms with E-state index < -0.39 is 0 Å². The molecule has 0 aromatic heterocycles. The quantitative estimate of drug-likeness (QED) is 0.381. The number of hydrogen-bond acceptors (Lipinski definition) is 4. The van der Waals surface area contributed by atoms with Gasteiger partial charge in [-0.25, -0.2) is 0 Å². The second kappa shape index (κ2) is 14.4. The number of benzene rings is 3. The molecule has 0 saturated carbocycles. The van der Waals surface area contributed by atoms with E-state index in [-0.39, 0.29) is 43.3 Å². The molecule has 1 unspecified atom stereocenters. The van der Waals surface area contributed by atoms with Crippen molar-refractivity contribution in [3.05, 3.63) is 101 Å². The van der Waals surface area contributed by atoms with Crippen LogP contribution in [0.1, 0.15) is 47.7 Å². The molecule has 1 saturated heterocycles. The Morgan fingerprint density at radius 3 is 2.35 bits per heavy atom. The molecule has 0 bridgehead atoms. The number of nitrogens with one attached hydrogen (secondary N) is 1. The lowest BCUT2D eigenvalue weighted by Gasteiger charge is -2.48. The summed E-state index contributed by atoms with van der Waals surface area (Å²) in [4.78, 5) is 5.34. The van der Waals surface area contributed by atoms with E-state index >= 15 is 0 Å². The van der Waals surface area contributed by atoms with E-state index in [9.17, 15) is 0 Å². The van der Waals surface area contributed by atoms with Crippen molar-refractivity contribution in [1.29, 1.82) is 0 Å². The molecule has 3 aromatic carbocycles. The van der Waals surface area contributed by atoms with Gasteiger partial charge in [0.15, 0.2) is 0 Å². The first-order valence-electron chi connectivity index (χ1n) is 12.6. The van der Waals surface area contributed by atoms with E-state index in [0.717, 1.165) is 44.9 Å². The molecule has 5 rings (SSSR count). The molecule has 3 aromatic rings. The Balaban J connectivity index is 0.00000160. The maximum absolute atomic E-state index is 5.61. The second-order valence-electron chi connectivity index (χ2n) is 9.94. The summed E-state index contributed by atoms with van der Waals surface area (Å²) < 4.78 is 5.61. The fourth-order valence-electron chi connectivity index (χ4n) is 5.68. The largest absolute Gasteiger partial charge is 0.497 e. The van der Waals surface area contributed by atoms with Crippen molar-refractivity contribution in [2.24, 2.45) is 0 Å². The minimum atomic E-state index is 0. The average Bonchev–Trinajstić information content (AvgIpc) is 2.87. The van der Waals surface area contributed by atoms with Gasteiger partial charge in [-0.3, -0.25) is 9.80 Å². The van der Waals surface area contributed by atoms with E-state index in [2.05, 4.69) is 95.7 Å². The van der Waals surface area contributed by atoms with Crippen molar-refractivity contribution in [2.75, 3.05) is 26.7 Å². The Kier molecular flexibility index (Phi) is 12.2. The van der Waals surface area contributed by atoms with Crippen LogP contribution in [0.15, 0.2) is 72.8 Å². The number of fused-ring (bicyclic) bond motifs is 1. The third kappa shape index (κ3) is 7.20. The van der Waals surface area contributed by atoms with Crippen LogP contribution in [0.5, 0.6) is 5.75 Å². The van der Waals surface area contributed by atoms with Gasteiger partial charge >= 0.3 is 0 Å². The molecule has 0 spiro atoms. The summed E-state index contributed by atoms with van der Waals surface area (Å²) in [5.74, 6) is 0.922. The minimum absolute atomic E-state index is 0. The molecular formula is C30H40Cl3N3O. The van der Waals surface area contributed by atoms with Crippen molar-refractivity contribution in [3.63, 3.8) is 0 Å². The Bertz CT molecular complexity index is 1110. The molecule has 37 heavy (non-hydrogen) atoms. The van der Waals surface area contributed by atoms with Gasteiger partial charge in [0, 0.05) is 38.3 Å². The molecule has 202 valence electrons. The molecule has 7 heteroatoms. The molecule has 1 fully saturated rings. The lowest BCUT2D eigenvalue weighted by Crippen LogP contribution is -2.56. The Morgan fingerprint density at radius 1 is 0.838 bits per heavy atom. The summed E-state index contributed by atoms with van der Waals surface area (Å²) in [6.07, 6.45) is 1.12. The van der Waals surface area contributed by atoms with Crippen LogP contribution >= 0.6 is 37.2 Å². The highest BCUT2D eigenvalue weighted by molar-refractivity contribution is 5.86. The predicted octanol–water partition coefficient (Wildman–Crippen LogP) is 6.29. The maximum atomic E-state index is 5.61.